The largest absolute Gasteiger partial charge is 0.383 e. The second-order valence-electron chi connectivity index (χ2n) is 5.41. The van der Waals surface area contributed by atoms with Crippen LogP contribution < -0.4 is 5.32 Å². The van der Waals surface area contributed by atoms with E-state index in [0.29, 0.717) is 11.5 Å². The van der Waals surface area contributed by atoms with Gasteiger partial charge in [-0.25, -0.2) is 0 Å². The van der Waals surface area contributed by atoms with E-state index in [0.717, 1.165) is 13.2 Å². The number of nitrogens with one attached hydrogen (secondary N) is 1. The summed E-state index contributed by atoms with van der Waals surface area (Å²) in [7, 11) is 3.82. The number of piperidine rings is 1. The Morgan fingerprint density at radius 1 is 1.24 bits per heavy atom. The number of rotatable bonds is 7. The lowest BCUT2D eigenvalue weighted by Gasteiger charge is -2.43. The highest BCUT2D eigenvalue weighted by molar-refractivity contribution is 4.87. The molecule has 1 atom stereocenters. The van der Waals surface area contributed by atoms with Crippen LogP contribution in [0, 0.1) is 5.41 Å². The molecule has 0 bridgehead atoms. The van der Waals surface area contributed by atoms with E-state index in [4.69, 9.17) is 4.74 Å². The fourth-order valence-electron chi connectivity index (χ4n) is 3.04. The highest BCUT2D eigenvalue weighted by Gasteiger charge is 2.33. The minimum Gasteiger partial charge on any atom is -0.383 e. The smallest absolute Gasteiger partial charge is 0.0630 e. The van der Waals surface area contributed by atoms with Crippen LogP contribution in [0.15, 0.2) is 0 Å². The third kappa shape index (κ3) is 3.94. The van der Waals surface area contributed by atoms with Crippen molar-refractivity contribution in [1.29, 1.82) is 0 Å². The third-order valence-corrected chi connectivity index (χ3v) is 4.67. The van der Waals surface area contributed by atoms with Crippen LogP contribution in [0.2, 0.25) is 0 Å². The van der Waals surface area contributed by atoms with Crippen molar-refractivity contribution in [3.8, 4) is 0 Å². The first-order chi connectivity index (χ1) is 8.21. The van der Waals surface area contributed by atoms with E-state index in [2.05, 4.69) is 24.1 Å². The molecule has 1 aliphatic rings. The minimum absolute atomic E-state index is 0.539. The van der Waals surface area contributed by atoms with Crippen molar-refractivity contribution in [2.24, 2.45) is 5.41 Å². The normalized spacial score (nSPS) is 22.6. The average molecular weight is 242 g/mol. The van der Waals surface area contributed by atoms with Crippen molar-refractivity contribution in [3.05, 3.63) is 0 Å². The number of methoxy groups -OCH3 is 1. The van der Waals surface area contributed by atoms with E-state index in [1.54, 1.807) is 7.11 Å². The van der Waals surface area contributed by atoms with E-state index >= 15 is 0 Å². The van der Waals surface area contributed by atoms with Crippen molar-refractivity contribution < 1.29 is 4.74 Å². The number of hydrogen-bond donors (Lipinski definition) is 1. The van der Waals surface area contributed by atoms with Crippen molar-refractivity contribution in [1.82, 2.24) is 10.2 Å². The Balaban J connectivity index is 2.48. The first-order valence-electron chi connectivity index (χ1n) is 7.09. The number of nitrogens with zero attached hydrogens (tertiary/aromatic N) is 1. The molecule has 1 aliphatic heterocycles. The van der Waals surface area contributed by atoms with Gasteiger partial charge in [-0.1, -0.05) is 26.7 Å². The lowest BCUT2D eigenvalue weighted by Crippen LogP contribution is -2.50. The summed E-state index contributed by atoms with van der Waals surface area (Å²) in [5.41, 5.74) is 0.619. The standard InChI is InChI=1S/C14H30N2O/c1-5-14(6-2)7-9-16(10-8-14)13(11-15-3)12-17-4/h13,15H,5-12H2,1-4H3. The van der Waals surface area contributed by atoms with Gasteiger partial charge in [-0.3, -0.25) is 4.90 Å². The molecule has 3 nitrogen and oxygen atoms in total. The van der Waals surface area contributed by atoms with Crippen LogP contribution in [-0.2, 0) is 4.74 Å². The van der Waals surface area contributed by atoms with Gasteiger partial charge in [0.2, 0.25) is 0 Å². The zero-order valence-corrected chi connectivity index (χ0v) is 12.1. The second-order valence-corrected chi connectivity index (χ2v) is 5.41. The maximum atomic E-state index is 5.33. The zero-order chi connectivity index (χ0) is 12.7. The molecule has 0 radical (unpaired) electrons. The molecule has 1 heterocycles. The lowest BCUT2D eigenvalue weighted by molar-refractivity contribution is 0.0327. The van der Waals surface area contributed by atoms with Gasteiger partial charge in [0, 0.05) is 19.7 Å². The highest BCUT2D eigenvalue weighted by atomic mass is 16.5. The Kier molecular flexibility index (Phi) is 6.45. The average Bonchev–Trinajstić information content (AvgIpc) is 2.39. The van der Waals surface area contributed by atoms with Gasteiger partial charge in [0.05, 0.1) is 6.61 Å². The summed E-state index contributed by atoms with van der Waals surface area (Å²) in [5, 5.41) is 3.28. The fraction of sp³-hybridized carbons (Fsp3) is 1.00. The summed E-state index contributed by atoms with van der Waals surface area (Å²) in [6.45, 7) is 9.03. The highest BCUT2D eigenvalue weighted by Crippen LogP contribution is 2.38. The van der Waals surface area contributed by atoms with Crippen LogP contribution >= 0.6 is 0 Å². The predicted molar refractivity (Wildman–Crippen MR) is 73.4 cm³/mol. The van der Waals surface area contributed by atoms with E-state index in [9.17, 15) is 0 Å². The van der Waals surface area contributed by atoms with Crippen LogP contribution in [0.5, 0.6) is 0 Å². The number of likely N-dealkylation sites (N-methyl/N-ethyl adjacent to an activating group) is 1. The molecule has 0 saturated carbocycles. The molecule has 0 amide bonds. The quantitative estimate of drug-likeness (QED) is 0.740. The molecule has 17 heavy (non-hydrogen) atoms. The maximum Gasteiger partial charge on any atom is 0.0630 e. The summed E-state index contributed by atoms with van der Waals surface area (Å²) >= 11 is 0. The molecule has 0 aromatic carbocycles. The summed E-state index contributed by atoms with van der Waals surface area (Å²) in [6, 6.07) is 0.539. The van der Waals surface area contributed by atoms with E-state index in [-0.39, 0.29) is 0 Å². The van der Waals surface area contributed by atoms with Crippen molar-refractivity contribution >= 4 is 0 Å². The molecule has 1 N–H and O–H groups in total. The number of ether oxygens (including phenoxy) is 1. The van der Waals surface area contributed by atoms with Gasteiger partial charge in [-0.05, 0) is 38.4 Å². The van der Waals surface area contributed by atoms with Gasteiger partial charge in [0.15, 0.2) is 0 Å². The molecular weight excluding hydrogens is 212 g/mol. The lowest BCUT2D eigenvalue weighted by atomic mass is 9.74. The van der Waals surface area contributed by atoms with Crippen LogP contribution in [0.25, 0.3) is 0 Å². The zero-order valence-electron chi connectivity index (χ0n) is 12.1. The molecule has 1 rings (SSSR count). The van der Waals surface area contributed by atoms with Crippen molar-refractivity contribution in [2.45, 2.75) is 45.6 Å². The van der Waals surface area contributed by atoms with Gasteiger partial charge in [0.25, 0.3) is 0 Å². The summed E-state index contributed by atoms with van der Waals surface area (Å²) in [4.78, 5) is 2.60. The van der Waals surface area contributed by atoms with Gasteiger partial charge in [0.1, 0.15) is 0 Å². The molecule has 102 valence electrons. The molecule has 0 aliphatic carbocycles. The second kappa shape index (κ2) is 7.34. The predicted octanol–water partition coefficient (Wildman–Crippen LogP) is 2.12. The Bertz CT molecular complexity index is 188. The molecule has 3 heteroatoms. The fourth-order valence-corrected chi connectivity index (χ4v) is 3.04. The SMILES string of the molecule is CCC1(CC)CCN(C(CNC)COC)CC1. The van der Waals surface area contributed by atoms with Gasteiger partial charge < -0.3 is 10.1 Å². The van der Waals surface area contributed by atoms with Crippen LogP contribution in [0.1, 0.15) is 39.5 Å². The molecule has 1 unspecified atom stereocenters. The Labute approximate surface area is 107 Å². The number of hydrogen-bond acceptors (Lipinski definition) is 3. The summed E-state index contributed by atoms with van der Waals surface area (Å²) in [6.07, 6.45) is 5.37. The van der Waals surface area contributed by atoms with E-state index in [1.165, 1.54) is 38.8 Å². The Morgan fingerprint density at radius 3 is 2.24 bits per heavy atom. The van der Waals surface area contributed by atoms with Gasteiger partial charge in [-0.15, -0.1) is 0 Å². The molecule has 1 fully saturated rings. The topological polar surface area (TPSA) is 24.5 Å². The molecule has 0 aromatic heterocycles. The van der Waals surface area contributed by atoms with Crippen molar-refractivity contribution in [2.75, 3.05) is 40.4 Å². The molecule has 1 saturated heterocycles. The van der Waals surface area contributed by atoms with E-state index < -0.39 is 0 Å². The first-order valence-corrected chi connectivity index (χ1v) is 7.09. The maximum absolute atomic E-state index is 5.33. The van der Waals surface area contributed by atoms with Gasteiger partial charge in [-0.2, -0.15) is 0 Å². The van der Waals surface area contributed by atoms with E-state index in [1.807, 2.05) is 7.05 Å². The first kappa shape index (κ1) is 14.9. The van der Waals surface area contributed by atoms with Crippen LogP contribution in [0.4, 0.5) is 0 Å². The van der Waals surface area contributed by atoms with Gasteiger partial charge >= 0.3 is 0 Å². The third-order valence-electron chi connectivity index (χ3n) is 4.67. The molecule has 0 aromatic rings. The Hall–Kier alpha value is -0.120. The Morgan fingerprint density at radius 2 is 1.82 bits per heavy atom. The summed E-state index contributed by atoms with van der Waals surface area (Å²) in [5.74, 6) is 0. The minimum atomic E-state index is 0.539. The number of likely N-dealkylation sites (tertiary alicyclic amines) is 1. The molecular formula is C14H30N2O. The van der Waals surface area contributed by atoms with Crippen molar-refractivity contribution in [3.63, 3.8) is 0 Å². The monoisotopic (exact) mass is 242 g/mol. The van der Waals surface area contributed by atoms with Crippen LogP contribution in [0.3, 0.4) is 0 Å². The summed E-state index contributed by atoms with van der Waals surface area (Å²) < 4.78 is 5.33. The molecule has 0 spiro atoms. The van der Waals surface area contributed by atoms with Crippen LogP contribution in [-0.4, -0.2) is 51.3 Å².